The zero-order valence-electron chi connectivity index (χ0n) is 15.3. The summed E-state index contributed by atoms with van der Waals surface area (Å²) >= 11 is 0. The first kappa shape index (κ1) is 18.1. The summed E-state index contributed by atoms with van der Waals surface area (Å²) in [6.07, 6.45) is 6.75. The fourth-order valence-corrected chi connectivity index (χ4v) is 4.09. The predicted octanol–water partition coefficient (Wildman–Crippen LogP) is 1.94. The highest BCUT2D eigenvalue weighted by Gasteiger charge is 2.29. The van der Waals surface area contributed by atoms with E-state index in [1.165, 1.54) is 0 Å². The fourth-order valence-electron chi connectivity index (χ4n) is 4.09. The molecule has 4 rings (SSSR count). The summed E-state index contributed by atoms with van der Waals surface area (Å²) in [6.45, 7) is 0.692. The van der Waals surface area contributed by atoms with Crippen molar-refractivity contribution < 1.29 is 15.0 Å². The van der Waals surface area contributed by atoms with Crippen LogP contribution in [0.5, 0.6) is 0 Å². The van der Waals surface area contributed by atoms with Crippen molar-refractivity contribution in [1.29, 1.82) is 0 Å². The van der Waals surface area contributed by atoms with Crippen molar-refractivity contribution in [2.45, 2.75) is 56.7 Å². The van der Waals surface area contributed by atoms with Crippen molar-refractivity contribution in [1.82, 2.24) is 14.9 Å². The molecule has 0 radical (unpaired) electrons. The molecule has 0 bridgehead atoms. The molecule has 1 saturated heterocycles. The maximum atomic E-state index is 12.8. The number of hydrogen-bond acceptors (Lipinski definition) is 6. The normalized spacial score (nSPS) is 25.7. The molecule has 7 nitrogen and oxygen atoms in total. The Morgan fingerprint density at radius 1 is 1.22 bits per heavy atom. The number of rotatable bonds is 4. The minimum atomic E-state index is -0.192. The number of hydrogen-bond donors (Lipinski definition) is 3. The maximum absolute atomic E-state index is 12.8. The van der Waals surface area contributed by atoms with Gasteiger partial charge >= 0.3 is 0 Å². The molecule has 1 amide bonds. The van der Waals surface area contributed by atoms with Crippen molar-refractivity contribution in [2.24, 2.45) is 0 Å². The molecule has 2 heterocycles. The number of benzene rings is 1. The van der Waals surface area contributed by atoms with Crippen molar-refractivity contribution in [3.8, 4) is 0 Å². The van der Waals surface area contributed by atoms with Crippen LogP contribution in [0.4, 0.5) is 5.95 Å². The molecular weight excluding hydrogens is 344 g/mol. The molecule has 2 aliphatic rings. The average Bonchev–Trinajstić information content (AvgIpc) is 3.17. The Balaban J connectivity index is 1.53. The number of fused-ring (bicyclic) bond motifs is 1. The zero-order valence-corrected chi connectivity index (χ0v) is 15.3. The minimum absolute atomic E-state index is 0.00560. The molecule has 1 aromatic carbocycles. The van der Waals surface area contributed by atoms with Crippen molar-refractivity contribution >= 4 is 22.8 Å². The summed E-state index contributed by atoms with van der Waals surface area (Å²) in [6, 6.07) is 5.66. The Kier molecular flexibility index (Phi) is 5.22. The third kappa shape index (κ3) is 3.89. The maximum Gasteiger partial charge on any atom is 0.254 e. The molecule has 1 saturated carbocycles. The van der Waals surface area contributed by atoms with Crippen LogP contribution < -0.4 is 5.32 Å². The van der Waals surface area contributed by atoms with E-state index in [9.17, 15) is 15.0 Å². The van der Waals surface area contributed by atoms with Gasteiger partial charge in [0.25, 0.3) is 5.91 Å². The van der Waals surface area contributed by atoms with Gasteiger partial charge in [0.2, 0.25) is 5.95 Å². The van der Waals surface area contributed by atoms with E-state index in [0.29, 0.717) is 18.1 Å². The van der Waals surface area contributed by atoms with Gasteiger partial charge in [0.1, 0.15) is 0 Å². The summed E-state index contributed by atoms with van der Waals surface area (Å²) in [5, 5.41) is 23.3. The topological polar surface area (TPSA) is 98.6 Å². The van der Waals surface area contributed by atoms with E-state index in [1.807, 2.05) is 12.1 Å². The Bertz CT molecular complexity index is 820. The van der Waals surface area contributed by atoms with E-state index in [-0.39, 0.29) is 30.7 Å². The monoisotopic (exact) mass is 370 g/mol. The van der Waals surface area contributed by atoms with Crippen LogP contribution in [-0.4, -0.2) is 62.3 Å². The van der Waals surface area contributed by atoms with E-state index >= 15 is 0 Å². The van der Waals surface area contributed by atoms with Crippen LogP contribution in [0.25, 0.3) is 10.9 Å². The van der Waals surface area contributed by atoms with Crippen LogP contribution >= 0.6 is 0 Å². The van der Waals surface area contributed by atoms with Gasteiger partial charge in [-0.1, -0.05) is 6.07 Å². The van der Waals surface area contributed by atoms with Crippen LogP contribution in [0, 0.1) is 0 Å². The second kappa shape index (κ2) is 7.78. The Morgan fingerprint density at radius 2 is 2.04 bits per heavy atom. The lowest BCUT2D eigenvalue weighted by molar-refractivity contribution is 0.0677. The molecule has 0 spiro atoms. The number of carbonyl (C=O) groups is 1. The second-order valence-corrected chi connectivity index (χ2v) is 7.59. The van der Waals surface area contributed by atoms with Gasteiger partial charge in [0.05, 0.1) is 24.3 Å². The molecule has 1 atom stereocenters. The van der Waals surface area contributed by atoms with Gasteiger partial charge in [0.15, 0.2) is 0 Å². The fraction of sp³-hybridized carbons (Fsp3) is 0.550. The molecule has 1 aromatic heterocycles. The van der Waals surface area contributed by atoms with Crippen LogP contribution in [0.1, 0.15) is 48.9 Å². The summed E-state index contributed by atoms with van der Waals surface area (Å²) in [5.41, 5.74) is 1.32. The minimum Gasteiger partial charge on any atom is -0.394 e. The first-order chi connectivity index (χ1) is 13.1. The summed E-state index contributed by atoms with van der Waals surface area (Å²) in [4.78, 5) is 23.6. The molecule has 1 aliphatic heterocycles. The van der Waals surface area contributed by atoms with E-state index < -0.39 is 0 Å². The second-order valence-electron chi connectivity index (χ2n) is 7.59. The van der Waals surface area contributed by atoms with Crippen LogP contribution in [-0.2, 0) is 0 Å². The summed E-state index contributed by atoms with van der Waals surface area (Å²) < 4.78 is 0. The molecule has 2 aromatic rings. The standard InChI is InChI=1S/C20H26N4O3/c25-12-16-2-1-9-24(16)19(27)13-3-4-14-11-21-20(23-18(14)10-13)22-15-5-7-17(26)8-6-15/h3-4,10-11,15-17,25-26H,1-2,5-9,12H2,(H,21,22,23)/t15-,16-,17-/m0/s1. The van der Waals surface area contributed by atoms with E-state index in [2.05, 4.69) is 15.3 Å². The summed E-state index contributed by atoms with van der Waals surface area (Å²) in [5.74, 6) is 0.505. The number of carbonyl (C=O) groups excluding carboxylic acids is 1. The number of aliphatic hydroxyl groups is 2. The highest BCUT2D eigenvalue weighted by molar-refractivity contribution is 5.98. The molecule has 1 aliphatic carbocycles. The van der Waals surface area contributed by atoms with Gasteiger partial charge in [-0.05, 0) is 50.7 Å². The highest BCUT2D eigenvalue weighted by Crippen LogP contribution is 2.24. The third-order valence-electron chi connectivity index (χ3n) is 5.71. The Labute approximate surface area is 158 Å². The zero-order chi connectivity index (χ0) is 18.8. The van der Waals surface area contributed by atoms with E-state index in [0.717, 1.165) is 49.4 Å². The molecule has 27 heavy (non-hydrogen) atoms. The molecule has 2 fully saturated rings. The molecule has 3 N–H and O–H groups in total. The molecule has 0 unspecified atom stereocenters. The number of aliphatic hydroxyl groups excluding tert-OH is 2. The van der Waals surface area contributed by atoms with Gasteiger partial charge in [-0.15, -0.1) is 0 Å². The van der Waals surface area contributed by atoms with Crippen molar-refractivity contribution in [3.63, 3.8) is 0 Å². The smallest absolute Gasteiger partial charge is 0.254 e. The highest BCUT2D eigenvalue weighted by atomic mass is 16.3. The third-order valence-corrected chi connectivity index (χ3v) is 5.71. The molecule has 7 heteroatoms. The lowest BCUT2D eigenvalue weighted by Crippen LogP contribution is -2.37. The van der Waals surface area contributed by atoms with Crippen LogP contribution in [0.2, 0.25) is 0 Å². The Hall–Kier alpha value is -2.25. The largest absolute Gasteiger partial charge is 0.394 e. The van der Waals surface area contributed by atoms with Gasteiger partial charge in [-0.3, -0.25) is 4.79 Å². The number of likely N-dealkylation sites (tertiary alicyclic amines) is 1. The van der Waals surface area contributed by atoms with E-state index in [1.54, 1.807) is 17.2 Å². The van der Waals surface area contributed by atoms with Gasteiger partial charge in [-0.25, -0.2) is 9.97 Å². The van der Waals surface area contributed by atoms with E-state index in [4.69, 9.17) is 0 Å². The lowest BCUT2D eigenvalue weighted by Gasteiger charge is -2.26. The number of amides is 1. The first-order valence-corrected chi connectivity index (χ1v) is 9.77. The predicted molar refractivity (Wildman–Crippen MR) is 103 cm³/mol. The van der Waals surface area contributed by atoms with Crippen LogP contribution in [0.3, 0.4) is 0 Å². The summed E-state index contributed by atoms with van der Waals surface area (Å²) in [7, 11) is 0. The quantitative estimate of drug-likeness (QED) is 0.761. The Morgan fingerprint density at radius 3 is 2.81 bits per heavy atom. The van der Waals surface area contributed by atoms with Crippen LogP contribution in [0.15, 0.2) is 24.4 Å². The number of anilines is 1. The van der Waals surface area contributed by atoms with Crippen molar-refractivity contribution in [3.05, 3.63) is 30.0 Å². The van der Waals surface area contributed by atoms with Crippen molar-refractivity contribution in [2.75, 3.05) is 18.5 Å². The van der Waals surface area contributed by atoms with Gasteiger partial charge in [-0.2, -0.15) is 0 Å². The molecular formula is C20H26N4O3. The number of aromatic nitrogens is 2. The number of nitrogens with zero attached hydrogens (tertiary/aromatic N) is 3. The van der Waals surface area contributed by atoms with Gasteiger partial charge < -0.3 is 20.4 Å². The van der Waals surface area contributed by atoms with Gasteiger partial charge in [0, 0.05) is 29.7 Å². The first-order valence-electron chi connectivity index (χ1n) is 9.77. The lowest BCUT2D eigenvalue weighted by atomic mass is 9.93. The SMILES string of the molecule is O=C(c1ccc2cnc(N[C@H]3CC[C@H](O)CC3)nc2c1)N1CCC[C@H]1CO. The molecule has 144 valence electrons. The average molecular weight is 370 g/mol. The number of nitrogens with one attached hydrogen (secondary N) is 1.